The zero-order valence-electron chi connectivity index (χ0n) is 7.67. The Balaban J connectivity index is 1.91. The first kappa shape index (κ1) is 7.34. The minimum absolute atomic E-state index is 0.426. The van der Waals surface area contributed by atoms with Crippen LogP contribution >= 0.6 is 0 Å². The Bertz CT molecular complexity index is 151. The van der Waals surface area contributed by atoms with Crippen LogP contribution in [0.15, 0.2) is 0 Å². The molecule has 4 aliphatic carbocycles. The van der Waals surface area contributed by atoms with Crippen molar-refractivity contribution in [2.75, 3.05) is 0 Å². The Hall–Kier alpha value is -0.0700. The second kappa shape index (κ2) is 2.24. The molecule has 68 valence electrons. The van der Waals surface area contributed by atoms with Crippen LogP contribution in [0.1, 0.15) is 32.6 Å². The fourth-order valence-electron chi connectivity index (χ4n) is 4.09. The van der Waals surface area contributed by atoms with E-state index in [-0.39, 0.29) is 0 Å². The van der Waals surface area contributed by atoms with Gasteiger partial charge < -0.3 is 0 Å². The van der Waals surface area contributed by atoms with E-state index >= 15 is 0 Å². The van der Waals surface area contributed by atoms with Gasteiger partial charge in [-0.05, 0) is 55.3 Å². The predicted octanol–water partition coefficient (Wildman–Crippen LogP) is 3.03. The molecule has 0 unspecified atom stereocenters. The Morgan fingerprint density at radius 3 is 1.67 bits per heavy atom. The lowest BCUT2D eigenvalue weighted by Gasteiger charge is -2.55. The number of hydrogen-bond donors (Lipinski definition) is 0. The number of alkyl halides is 1. The highest BCUT2D eigenvalue weighted by molar-refractivity contribution is 5.00. The summed E-state index contributed by atoms with van der Waals surface area (Å²) in [5.41, 5.74) is 0. The molecule has 0 N–H and O–H groups in total. The third kappa shape index (κ3) is 0.777. The van der Waals surface area contributed by atoms with Crippen molar-refractivity contribution in [1.82, 2.24) is 0 Å². The van der Waals surface area contributed by atoms with Crippen LogP contribution in [0.25, 0.3) is 0 Å². The van der Waals surface area contributed by atoms with Gasteiger partial charge in [0.2, 0.25) is 0 Å². The summed E-state index contributed by atoms with van der Waals surface area (Å²) in [7, 11) is 0. The third-order valence-electron chi connectivity index (χ3n) is 4.81. The van der Waals surface area contributed by atoms with Crippen LogP contribution in [-0.2, 0) is 0 Å². The quantitative estimate of drug-likeness (QED) is 0.521. The maximum absolute atomic E-state index is 13.6. The molecule has 0 aliphatic heterocycles. The minimum atomic E-state index is -0.426. The molecule has 0 radical (unpaired) electrons. The highest BCUT2D eigenvalue weighted by Crippen LogP contribution is 2.57. The fourth-order valence-corrected chi connectivity index (χ4v) is 4.09. The second-order valence-electron chi connectivity index (χ2n) is 5.29. The molecule has 0 heterocycles. The van der Waals surface area contributed by atoms with Gasteiger partial charge in [-0.3, -0.25) is 0 Å². The Morgan fingerprint density at radius 1 is 0.833 bits per heavy atom. The van der Waals surface area contributed by atoms with E-state index in [1.807, 2.05) is 0 Å². The van der Waals surface area contributed by atoms with Gasteiger partial charge in [-0.25, -0.2) is 4.39 Å². The molecule has 0 nitrogen and oxygen atoms in total. The summed E-state index contributed by atoms with van der Waals surface area (Å²) in [6.07, 6.45) is 4.39. The average Bonchev–Trinajstić information content (AvgIpc) is 2.02. The zero-order chi connectivity index (χ0) is 8.29. The van der Waals surface area contributed by atoms with Gasteiger partial charge in [0.1, 0.15) is 6.17 Å². The van der Waals surface area contributed by atoms with E-state index in [0.29, 0.717) is 11.8 Å². The van der Waals surface area contributed by atoms with Crippen molar-refractivity contribution in [2.24, 2.45) is 29.6 Å². The van der Waals surface area contributed by atoms with Crippen molar-refractivity contribution in [3.05, 3.63) is 0 Å². The highest BCUT2D eigenvalue weighted by atomic mass is 19.1. The molecule has 0 saturated heterocycles. The smallest absolute Gasteiger partial charge is 0.106 e. The van der Waals surface area contributed by atoms with Crippen LogP contribution in [0, 0.1) is 29.6 Å². The van der Waals surface area contributed by atoms with Gasteiger partial charge in [0.05, 0.1) is 0 Å². The second-order valence-corrected chi connectivity index (χ2v) is 5.29. The Kier molecular flexibility index (Phi) is 1.37. The SMILES string of the molecule is CC1C2CC3CC1CC(C2)C3F. The molecule has 4 fully saturated rings. The first-order valence-electron chi connectivity index (χ1n) is 5.39. The lowest BCUT2D eigenvalue weighted by Crippen LogP contribution is -2.50. The van der Waals surface area contributed by atoms with E-state index in [1.54, 1.807) is 0 Å². The summed E-state index contributed by atoms with van der Waals surface area (Å²) < 4.78 is 13.6. The van der Waals surface area contributed by atoms with E-state index in [0.717, 1.165) is 17.8 Å². The van der Waals surface area contributed by atoms with Crippen molar-refractivity contribution >= 4 is 0 Å². The maximum Gasteiger partial charge on any atom is 0.106 e. The summed E-state index contributed by atoms with van der Waals surface area (Å²) in [5, 5.41) is 0. The molecule has 0 spiro atoms. The van der Waals surface area contributed by atoms with Crippen LogP contribution in [0.5, 0.6) is 0 Å². The third-order valence-corrected chi connectivity index (χ3v) is 4.81. The van der Waals surface area contributed by atoms with E-state index in [2.05, 4.69) is 6.92 Å². The molecule has 4 aliphatic rings. The van der Waals surface area contributed by atoms with Crippen molar-refractivity contribution in [3.63, 3.8) is 0 Å². The first-order valence-corrected chi connectivity index (χ1v) is 5.39. The van der Waals surface area contributed by atoms with E-state index in [9.17, 15) is 4.39 Å². The summed E-state index contributed by atoms with van der Waals surface area (Å²) in [6, 6.07) is 0. The van der Waals surface area contributed by atoms with Crippen molar-refractivity contribution in [1.29, 1.82) is 0 Å². The lowest BCUT2D eigenvalue weighted by atomic mass is 9.51. The zero-order valence-corrected chi connectivity index (χ0v) is 7.67. The Morgan fingerprint density at radius 2 is 1.25 bits per heavy atom. The lowest BCUT2D eigenvalue weighted by molar-refractivity contribution is -0.0849. The van der Waals surface area contributed by atoms with Gasteiger partial charge in [-0.15, -0.1) is 0 Å². The minimum Gasteiger partial charge on any atom is -0.247 e. The molecule has 4 bridgehead atoms. The van der Waals surface area contributed by atoms with Gasteiger partial charge in [0, 0.05) is 0 Å². The summed E-state index contributed by atoms with van der Waals surface area (Å²) in [6.45, 7) is 2.39. The molecular weight excluding hydrogens is 151 g/mol. The average molecular weight is 168 g/mol. The number of hydrogen-bond acceptors (Lipinski definition) is 0. The van der Waals surface area contributed by atoms with Gasteiger partial charge in [0.15, 0.2) is 0 Å². The van der Waals surface area contributed by atoms with E-state index in [4.69, 9.17) is 0 Å². The molecule has 0 atom stereocenters. The normalized spacial score (nSPS) is 62.5. The maximum atomic E-state index is 13.6. The van der Waals surface area contributed by atoms with Crippen LogP contribution in [0.3, 0.4) is 0 Å². The topological polar surface area (TPSA) is 0 Å². The molecule has 0 aromatic heterocycles. The van der Waals surface area contributed by atoms with Gasteiger partial charge >= 0.3 is 0 Å². The first-order chi connectivity index (χ1) is 5.75. The van der Waals surface area contributed by atoms with E-state index in [1.165, 1.54) is 25.7 Å². The monoisotopic (exact) mass is 168 g/mol. The predicted molar refractivity (Wildman–Crippen MR) is 46.5 cm³/mol. The largest absolute Gasteiger partial charge is 0.247 e. The molecule has 4 rings (SSSR count). The molecule has 4 saturated carbocycles. The van der Waals surface area contributed by atoms with E-state index < -0.39 is 6.17 Å². The van der Waals surface area contributed by atoms with Crippen LogP contribution in [0.2, 0.25) is 0 Å². The van der Waals surface area contributed by atoms with Crippen LogP contribution in [0.4, 0.5) is 4.39 Å². The van der Waals surface area contributed by atoms with Crippen LogP contribution < -0.4 is 0 Å². The van der Waals surface area contributed by atoms with Crippen molar-refractivity contribution in [2.45, 2.75) is 38.8 Å². The molecule has 1 heteroatoms. The van der Waals surface area contributed by atoms with Gasteiger partial charge in [-0.2, -0.15) is 0 Å². The molecule has 12 heavy (non-hydrogen) atoms. The summed E-state index contributed by atoms with van der Waals surface area (Å²) in [5.74, 6) is 3.61. The molecule has 0 amide bonds. The van der Waals surface area contributed by atoms with Gasteiger partial charge in [-0.1, -0.05) is 6.92 Å². The molecule has 0 aromatic rings. The molecule has 0 aromatic carbocycles. The highest BCUT2D eigenvalue weighted by Gasteiger charge is 2.51. The standard InChI is InChI=1S/C11H17F/c1-6-7-2-9-4-8(6)5-10(3-7)11(9)12/h6-11H,2-5H2,1H3. The van der Waals surface area contributed by atoms with Crippen molar-refractivity contribution in [3.8, 4) is 0 Å². The van der Waals surface area contributed by atoms with Gasteiger partial charge in [0.25, 0.3) is 0 Å². The van der Waals surface area contributed by atoms with Crippen molar-refractivity contribution < 1.29 is 4.39 Å². The number of rotatable bonds is 0. The molecular formula is C11H17F. The van der Waals surface area contributed by atoms with Crippen LogP contribution in [-0.4, -0.2) is 6.17 Å². The Labute approximate surface area is 73.5 Å². The summed E-state index contributed by atoms with van der Waals surface area (Å²) >= 11 is 0. The summed E-state index contributed by atoms with van der Waals surface area (Å²) in [4.78, 5) is 0. The number of halogens is 1. The fraction of sp³-hybridized carbons (Fsp3) is 1.00.